The molecular formula is C23H18Cl2FNO4. The normalized spacial score (nSPS) is 11.6. The second-order valence-corrected chi connectivity index (χ2v) is 7.60. The van der Waals surface area contributed by atoms with Crippen molar-refractivity contribution in [3.05, 3.63) is 98.8 Å². The maximum absolute atomic E-state index is 13.2. The Bertz CT molecular complexity index is 1140. The summed E-state index contributed by atoms with van der Waals surface area (Å²) in [5.41, 5.74) is 1.29. The third-order valence-electron chi connectivity index (χ3n) is 4.59. The third-order valence-corrected chi connectivity index (χ3v) is 5.18. The molecule has 0 unspecified atom stereocenters. The van der Waals surface area contributed by atoms with Crippen LogP contribution in [-0.4, -0.2) is 17.0 Å². The molecule has 0 saturated carbocycles. The minimum atomic E-state index is -1.08. The Hall–Kier alpha value is -3.09. The van der Waals surface area contributed by atoms with Crippen LogP contribution in [0, 0.1) is 5.82 Å². The number of hydrogen-bond donors (Lipinski definition) is 2. The van der Waals surface area contributed by atoms with Gasteiger partial charge in [-0.3, -0.25) is 4.79 Å². The van der Waals surface area contributed by atoms with E-state index < -0.39 is 23.7 Å². The quantitative estimate of drug-likeness (QED) is 0.459. The Balaban J connectivity index is 1.81. The number of rotatable bonds is 7. The van der Waals surface area contributed by atoms with Crippen LogP contribution in [0.2, 0.25) is 10.0 Å². The van der Waals surface area contributed by atoms with Gasteiger partial charge < -0.3 is 15.2 Å². The van der Waals surface area contributed by atoms with E-state index in [4.69, 9.17) is 27.9 Å². The van der Waals surface area contributed by atoms with Gasteiger partial charge in [-0.15, -0.1) is 0 Å². The first kappa shape index (κ1) is 22.6. The summed E-state index contributed by atoms with van der Waals surface area (Å²) in [6.07, 6.45) is 0. The molecule has 0 aliphatic heterocycles. The van der Waals surface area contributed by atoms with Crippen molar-refractivity contribution in [2.45, 2.75) is 19.6 Å². The average Bonchev–Trinajstić information content (AvgIpc) is 2.73. The Labute approximate surface area is 188 Å². The fraction of sp³-hybridized carbons (Fsp3) is 0.130. The zero-order valence-electron chi connectivity index (χ0n) is 16.4. The van der Waals surface area contributed by atoms with Crippen LogP contribution in [-0.2, 0) is 6.61 Å². The highest BCUT2D eigenvalue weighted by Gasteiger charge is 2.20. The third kappa shape index (κ3) is 5.54. The summed E-state index contributed by atoms with van der Waals surface area (Å²) in [6, 6.07) is 14.4. The van der Waals surface area contributed by atoms with Crippen LogP contribution < -0.4 is 10.1 Å². The molecule has 31 heavy (non-hydrogen) atoms. The molecule has 0 bridgehead atoms. The molecule has 3 aromatic carbocycles. The summed E-state index contributed by atoms with van der Waals surface area (Å²) in [6.45, 7) is 1.70. The number of carboxylic acids is 1. The van der Waals surface area contributed by atoms with Crippen molar-refractivity contribution in [2.75, 3.05) is 0 Å². The zero-order chi connectivity index (χ0) is 22.5. The number of aromatic carboxylic acids is 1. The van der Waals surface area contributed by atoms with Gasteiger partial charge in [0, 0.05) is 10.6 Å². The number of amides is 1. The molecule has 5 nitrogen and oxygen atoms in total. The molecule has 1 atom stereocenters. The van der Waals surface area contributed by atoms with Gasteiger partial charge in [0.25, 0.3) is 5.91 Å². The highest BCUT2D eigenvalue weighted by atomic mass is 35.5. The first-order valence-electron chi connectivity index (χ1n) is 9.25. The van der Waals surface area contributed by atoms with Crippen molar-refractivity contribution in [1.82, 2.24) is 5.32 Å². The maximum Gasteiger partial charge on any atom is 0.336 e. The minimum absolute atomic E-state index is 0.0123. The molecule has 0 saturated heterocycles. The van der Waals surface area contributed by atoms with Gasteiger partial charge in [-0.1, -0.05) is 47.5 Å². The number of halogens is 3. The molecule has 3 rings (SSSR count). The van der Waals surface area contributed by atoms with Gasteiger partial charge in [-0.2, -0.15) is 0 Å². The van der Waals surface area contributed by atoms with E-state index in [1.165, 1.54) is 30.3 Å². The molecule has 3 aromatic rings. The number of carboxylic acid groups (broad SMARTS) is 1. The lowest BCUT2D eigenvalue weighted by Gasteiger charge is -2.18. The molecular weight excluding hydrogens is 444 g/mol. The molecule has 0 radical (unpaired) electrons. The van der Waals surface area contributed by atoms with Gasteiger partial charge in [0.05, 0.1) is 22.2 Å². The Kier molecular flexibility index (Phi) is 7.15. The Morgan fingerprint density at radius 2 is 1.81 bits per heavy atom. The first-order valence-corrected chi connectivity index (χ1v) is 10.0. The lowest BCUT2D eigenvalue weighted by molar-refractivity contribution is 0.0693. The lowest BCUT2D eigenvalue weighted by atomic mass is 10.0. The molecule has 8 heteroatoms. The van der Waals surface area contributed by atoms with Crippen LogP contribution in [0.25, 0.3) is 0 Å². The Morgan fingerprint density at radius 1 is 1.06 bits per heavy atom. The molecule has 0 heterocycles. The van der Waals surface area contributed by atoms with Gasteiger partial charge in [0.15, 0.2) is 0 Å². The molecule has 160 valence electrons. The number of carbonyl (C=O) groups is 2. The summed E-state index contributed by atoms with van der Waals surface area (Å²) < 4.78 is 19.0. The standard InChI is InChI=1S/C23H18Cl2FNO4/c1-13(17-4-2-3-5-18(17)23(29)30)27-22(28)19-10-15(24)7-9-21(19)31-12-14-6-8-16(26)11-20(14)25/h2-11,13H,12H2,1H3,(H,27,28)(H,29,30)/t13-/m0/s1. The number of ether oxygens (including phenoxy) is 1. The molecule has 2 N–H and O–H groups in total. The van der Waals surface area contributed by atoms with Crippen molar-refractivity contribution < 1.29 is 23.8 Å². The number of nitrogens with one attached hydrogen (secondary N) is 1. The highest BCUT2D eigenvalue weighted by molar-refractivity contribution is 6.31. The van der Waals surface area contributed by atoms with Crippen molar-refractivity contribution in [3.63, 3.8) is 0 Å². The van der Waals surface area contributed by atoms with Crippen LogP contribution >= 0.6 is 23.2 Å². The molecule has 1 amide bonds. The fourth-order valence-electron chi connectivity index (χ4n) is 3.02. The number of hydrogen-bond acceptors (Lipinski definition) is 3. The van der Waals surface area contributed by atoms with Gasteiger partial charge >= 0.3 is 5.97 Å². The lowest BCUT2D eigenvalue weighted by Crippen LogP contribution is -2.28. The van der Waals surface area contributed by atoms with Crippen LogP contribution in [0.3, 0.4) is 0 Å². The van der Waals surface area contributed by atoms with Crippen LogP contribution in [0.4, 0.5) is 4.39 Å². The van der Waals surface area contributed by atoms with Gasteiger partial charge in [0.1, 0.15) is 18.2 Å². The zero-order valence-corrected chi connectivity index (χ0v) is 17.9. The molecule has 0 aliphatic rings. The summed E-state index contributed by atoms with van der Waals surface area (Å²) >= 11 is 12.1. The van der Waals surface area contributed by atoms with Gasteiger partial charge in [-0.05, 0) is 48.9 Å². The average molecular weight is 462 g/mol. The highest BCUT2D eigenvalue weighted by Crippen LogP contribution is 2.27. The smallest absolute Gasteiger partial charge is 0.336 e. The predicted octanol–water partition coefficient (Wildman–Crippen LogP) is 5.90. The van der Waals surface area contributed by atoms with E-state index in [9.17, 15) is 19.1 Å². The van der Waals surface area contributed by atoms with Crippen LogP contribution in [0.15, 0.2) is 60.7 Å². The van der Waals surface area contributed by atoms with Crippen molar-refractivity contribution in [3.8, 4) is 5.75 Å². The van der Waals surface area contributed by atoms with Crippen molar-refractivity contribution >= 4 is 35.1 Å². The maximum atomic E-state index is 13.2. The fourth-order valence-corrected chi connectivity index (χ4v) is 3.42. The van der Waals surface area contributed by atoms with Crippen molar-refractivity contribution in [1.29, 1.82) is 0 Å². The van der Waals surface area contributed by atoms with E-state index in [2.05, 4.69) is 5.32 Å². The predicted molar refractivity (Wildman–Crippen MR) is 116 cm³/mol. The second kappa shape index (κ2) is 9.81. The Morgan fingerprint density at radius 3 is 2.52 bits per heavy atom. The first-order chi connectivity index (χ1) is 14.8. The SMILES string of the molecule is C[C@H](NC(=O)c1cc(Cl)ccc1OCc1ccc(F)cc1Cl)c1ccccc1C(=O)O. The van der Waals surface area contributed by atoms with Gasteiger partial charge in [-0.25, -0.2) is 9.18 Å². The van der Waals surface area contributed by atoms with Gasteiger partial charge in [0.2, 0.25) is 0 Å². The molecule has 0 fully saturated rings. The van der Waals surface area contributed by atoms with Crippen LogP contribution in [0.1, 0.15) is 44.8 Å². The summed E-state index contributed by atoms with van der Waals surface area (Å²) in [7, 11) is 0. The number of carbonyl (C=O) groups excluding carboxylic acids is 1. The minimum Gasteiger partial charge on any atom is -0.488 e. The monoisotopic (exact) mass is 461 g/mol. The number of benzene rings is 3. The topological polar surface area (TPSA) is 75.6 Å². The van der Waals surface area contributed by atoms with E-state index in [-0.39, 0.29) is 28.5 Å². The molecule has 0 aliphatic carbocycles. The van der Waals surface area contributed by atoms with E-state index >= 15 is 0 Å². The largest absolute Gasteiger partial charge is 0.488 e. The van der Waals surface area contributed by atoms with E-state index in [0.29, 0.717) is 16.1 Å². The molecule has 0 aromatic heterocycles. The van der Waals surface area contributed by atoms with Crippen LogP contribution in [0.5, 0.6) is 5.75 Å². The van der Waals surface area contributed by atoms with E-state index in [1.807, 2.05) is 0 Å². The van der Waals surface area contributed by atoms with Crippen molar-refractivity contribution in [2.24, 2.45) is 0 Å². The molecule has 0 spiro atoms. The second-order valence-electron chi connectivity index (χ2n) is 6.75. The van der Waals surface area contributed by atoms with E-state index in [1.54, 1.807) is 37.3 Å². The summed E-state index contributed by atoms with van der Waals surface area (Å²) in [5, 5.41) is 12.7. The van der Waals surface area contributed by atoms with E-state index in [0.717, 1.165) is 0 Å². The summed E-state index contributed by atoms with van der Waals surface area (Å²) in [5.74, 6) is -1.79. The summed E-state index contributed by atoms with van der Waals surface area (Å²) in [4.78, 5) is 24.4.